The average Bonchev–Trinajstić information content (AvgIpc) is 3.33. The molecule has 7 nitrogen and oxygen atoms in total. The van der Waals surface area contributed by atoms with Gasteiger partial charge < -0.3 is 15.0 Å². The Kier molecular flexibility index (Phi) is 3.34. The Labute approximate surface area is 145 Å². The molecule has 0 radical (unpaired) electrons. The molecule has 5 heterocycles. The molecule has 0 spiro atoms. The minimum absolute atomic E-state index is 0.602. The normalized spacial score (nSPS) is 22.5. The third-order valence-electron chi connectivity index (χ3n) is 5.30. The van der Waals surface area contributed by atoms with E-state index in [1.165, 1.54) is 0 Å². The third-order valence-corrected chi connectivity index (χ3v) is 5.30. The highest BCUT2D eigenvalue weighted by Gasteiger charge is 2.38. The van der Waals surface area contributed by atoms with E-state index >= 15 is 0 Å². The maximum Gasteiger partial charge on any atom is 0.221 e. The molecule has 7 heteroatoms. The second-order valence-electron chi connectivity index (χ2n) is 6.73. The smallest absolute Gasteiger partial charge is 0.221 e. The number of methoxy groups -OCH3 is 1. The number of nitrogens with zero attached hydrogens (tertiary/aromatic N) is 5. The molecular formula is C18H20N6O. The Balaban J connectivity index is 1.68. The van der Waals surface area contributed by atoms with Crippen LogP contribution in [0.2, 0.25) is 0 Å². The SMILES string of the molecule is COc1ncccc1-c1c(N2CC3CNCC3C2)nn2cccnc12. The molecule has 3 aromatic rings. The third kappa shape index (κ3) is 2.26. The molecule has 0 bridgehead atoms. The van der Waals surface area contributed by atoms with Crippen molar-refractivity contribution in [2.75, 3.05) is 38.2 Å². The summed E-state index contributed by atoms with van der Waals surface area (Å²) in [6.07, 6.45) is 5.49. The van der Waals surface area contributed by atoms with E-state index < -0.39 is 0 Å². The van der Waals surface area contributed by atoms with Gasteiger partial charge >= 0.3 is 0 Å². The maximum absolute atomic E-state index is 5.51. The Bertz CT molecular complexity index is 911. The van der Waals surface area contributed by atoms with Crippen molar-refractivity contribution in [1.82, 2.24) is 24.9 Å². The zero-order chi connectivity index (χ0) is 16.8. The lowest BCUT2D eigenvalue weighted by atomic mass is 10.0. The number of anilines is 1. The van der Waals surface area contributed by atoms with Gasteiger partial charge in [-0.25, -0.2) is 14.5 Å². The second-order valence-corrected chi connectivity index (χ2v) is 6.73. The summed E-state index contributed by atoms with van der Waals surface area (Å²) in [6, 6.07) is 5.85. The number of hydrogen-bond acceptors (Lipinski definition) is 6. The summed E-state index contributed by atoms with van der Waals surface area (Å²) in [5.74, 6) is 2.97. The summed E-state index contributed by atoms with van der Waals surface area (Å²) in [6.45, 7) is 4.24. The van der Waals surface area contributed by atoms with E-state index in [-0.39, 0.29) is 0 Å². The van der Waals surface area contributed by atoms with Gasteiger partial charge in [-0.05, 0) is 30.0 Å². The van der Waals surface area contributed by atoms with Crippen LogP contribution < -0.4 is 15.0 Å². The first-order chi connectivity index (χ1) is 12.3. The Morgan fingerprint density at radius 3 is 2.72 bits per heavy atom. The Morgan fingerprint density at radius 1 is 1.12 bits per heavy atom. The van der Waals surface area contributed by atoms with E-state index in [1.54, 1.807) is 19.5 Å². The highest BCUT2D eigenvalue weighted by atomic mass is 16.5. The zero-order valence-corrected chi connectivity index (χ0v) is 14.1. The summed E-state index contributed by atoms with van der Waals surface area (Å²) < 4.78 is 7.36. The summed E-state index contributed by atoms with van der Waals surface area (Å²) >= 11 is 0. The minimum atomic E-state index is 0.602. The summed E-state index contributed by atoms with van der Waals surface area (Å²) in [7, 11) is 1.65. The second kappa shape index (κ2) is 5.70. The van der Waals surface area contributed by atoms with Gasteiger partial charge in [-0.15, -0.1) is 5.10 Å². The van der Waals surface area contributed by atoms with Crippen molar-refractivity contribution in [3.05, 3.63) is 36.8 Å². The van der Waals surface area contributed by atoms with Crippen LogP contribution in [0.3, 0.4) is 0 Å². The zero-order valence-electron chi connectivity index (χ0n) is 14.1. The van der Waals surface area contributed by atoms with Crippen LogP contribution in [0.1, 0.15) is 0 Å². The highest BCUT2D eigenvalue weighted by Crippen LogP contribution is 2.40. The molecule has 0 aliphatic carbocycles. The van der Waals surface area contributed by atoms with Crippen LogP contribution in [0, 0.1) is 11.8 Å². The van der Waals surface area contributed by atoms with Gasteiger partial charge in [-0.1, -0.05) is 0 Å². The van der Waals surface area contributed by atoms with Crippen LogP contribution in [0.15, 0.2) is 36.8 Å². The molecule has 2 saturated heterocycles. The number of ether oxygens (including phenoxy) is 1. The van der Waals surface area contributed by atoms with E-state index in [0.717, 1.165) is 48.8 Å². The van der Waals surface area contributed by atoms with Crippen LogP contribution >= 0.6 is 0 Å². The van der Waals surface area contributed by atoms with Gasteiger partial charge in [-0.3, -0.25) is 0 Å². The molecule has 5 rings (SSSR count). The summed E-state index contributed by atoms with van der Waals surface area (Å²) in [5.41, 5.74) is 2.77. The average molecular weight is 336 g/mol. The lowest BCUT2D eigenvalue weighted by Gasteiger charge is -2.18. The van der Waals surface area contributed by atoms with Gasteiger partial charge in [0.15, 0.2) is 11.5 Å². The largest absolute Gasteiger partial charge is 0.481 e. The maximum atomic E-state index is 5.51. The standard InChI is InChI=1S/C18H20N6O/c1-25-18-14(4-2-5-21-18)15-16-20-6-3-7-24(16)22-17(15)23-10-12-8-19-9-13(12)11-23/h2-7,12-13,19H,8-11H2,1H3. The van der Waals surface area contributed by atoms with E-state index in [4.69, 9.17) is 9.84 Å². The molecule has 0 saturated carbocycles. The number of pyridine rings is 1. The topological polar surface area (TPSA) is 67.6 Å². The van der Waals surface area contributed by atoms with Crippen molar-refractivity contribution < 1.29 is 4.74 Å². The van der Waals surface area contributed by atoms with Gasteiger partial charge in [0.1, 0.15) is 0 Å². The quantitative estimate of drug-likeness (QED) is 0.781. The van der Waals surface area contributed by atoms with Crippen LogP contribution in [-0.4, -0.2) is 52.9 Å². The molecule has 2 fully saturated rings. The molecule has 2 aliphatic rings. The van der Waals surface area contributed by atoms with Gasteiger partial charge in [0.05, 0.1) is 18.2 Å². The number of rotatable bonds is 3. The Hall–Kier alpha value is -2.67. The molecule has 3 aromatic heterocycles. The van der Waals surface area contributed by atoms with Crippen molar-refractivity contribution in [2.45, 2.75) is 0 Å². The van der Waals surface area contributed by atoms with Gasteiger partial charge in [-0.2, -0.15) is 0 Å². The summed E-state index contributed by atoms with van der Waals surface area (Å²) in [4.78, 5) is 11.3. The predicted molar refractivity (Wildman–Crippen MR) is 94.8 cm³/mol. The monoisotopic (exact) mass is 336 g/mol. The molecule has 0 amide bonds. The van der Waals surface area contributed by atoms with Crippen LogP contribution in [0.5, 0.6) is 5.88 Å². The van der Waals surface area contributed by atoms with Gasteiger partial charge in [0.2, 0.25) is 5.88 Å². The molecule has 128 valence electrons. The fraction of sp³-hybridized carbons (Fsp3) is 0.389. The fourth-order valence-electron chi connectivity index (χ4n) is 4.11. The lowest BCUT2D eigenvalue weighted by molar-refractivity contribution is 0.399. The van der Waals surface area contributed by atoms with Crippen molar-refractivity contribution in [2.24, 2.45) is 11.8 Å². The van der Waals surface area contributed by atoms with E-state index in [1.807, 2.05) is 28.9 Å². The molecule has 2 unspecified atom stereocenters. The van der Waals surface area contributed by atoms with E-state index in [2.05, 4.69) is 20.2 Å². The molecule has 1 N–H and O–H groups in total. The predicted octanol–water partition coefficient (Wildman–Crippen LogP) is 1.46. The number of fused-ring (bicyclic) bond motifs is 2. The number of aromatic nitrogens is 4. The van der Waals surface area contributed by atoms with Gasteiger partial charge in [0, 0.05) is 44.8 Å². The number of nitrogens with one attached hydrogen (secondary N) is 1. The minimum Gasteiger partial charge on any atom is -0.481 e. The van der Waals surface area contributed by atoms with Crippen LogP contribution in [-0.2, 0) is 0 Å². The van der Waals surface area contributed by atoms with E-state index in [0.29, 0.717) is 17.7 Å². The molecule has 0 aromatic carbocycles. The van der Waals surface area contributed by atoms with E-state index in [9.17, 15) is 0 Å². The fourth-order valence-corrected chi connectivity index (χ4v) is 4.11. The first kappa shape index (κ1) is 14.7. The molecular weight excluding hydrogens is 316 g/mol. The van der Waals surface area contributed by atoms with Crippen LogP contribution in [0.25, 0.3) is 16.8 Å². The first-order valence-electron chi connectivity index (χ1n) is 8.63. The molecule has 2 atom stereocenters. The van der Waals surface area contributed by atoms with Crippen LogP contribution in [0.4, 0.5) is 5.82 Å². The van der Waals surface area contributed by atoms with Crippen molar-refractivity contribution in [1.29, 1.82) is 0 Å². The first-order valence-corrected chi connectivity index (χ1v) is 8.63. The van der Waals surface area contributed by atoms with Crippen molar-refractivity contribution in [3.63, 3.8) is 0 Å². The van der Waals surface area contributed by atoms with Crippen molar-refractivity contribution >= 4 is 11.5 Å². The summed E-state index contributed by atoms with van der Waals surface area (Å²) in [5, 5.41) is 8.34. The molecule has 25 heavy (non-hydrogen) atoms. The van der Waals surface area contributed by atoms with Crippen molar-refractivity contribution in [3.8, 4) is 17.0 Å². The molecule has 2 aliphatic heterocycles. The Morgan fingerprint density at radius 2 is 1.92 bits per heavy atom. The number of hydrogen-bond donors (Lipinski definition) is 1. The van der Waals surface area contributed by atoms with Gasteiger partial charge in [0.25, 0.3) is 0 Å². The lowest BCUT2D eigenvalue weighted by Crippen LogP contribution is -2.26. The highest BCUT2D eigenvalue weighted by molar-refractivity contribution is 5.90.